The van der Waals surface area contributed by atoms with E-state index in [4.69, 9.17) is 9.15 Å². The molecule has 140 valence electrons. The van der Waals surface area contributed by atoms with Crippen LogP contribution in [0.15, 0.2) is 62.4 Å². The highest BCUT2D eigenvalue weighted by Gasteiger charge is 2.43. The lowest BCUT2D eigenvalue weighted by Gasteiger charge is -2.39. The number of carbonyl (C=O) groups excluding carboxylic acids is 1. The van der Waals surface area contributed by atoms with Gasteiger partial charge in [0.15, 0.2) is 6.10 Å². The Hall–Kier alpha value is -2.28. The largest absolute Gasteiger partial charge is 0.465 e. The minimum atomic E-state index is -2.66. The number of furan rings is 1. The standard InChI is InChI=1S/C19H24N2O4S/c1-13(2)17-15(12-26(23,20-3)14-8-5-4-6-9-14)21-19(22)25-18(17)16-10-7-11-24-16/h4-11,13,15,17-18H,12H2,1-3H3,(H,21,22)/t15-,17-,18+,26?/m1/s1. The number of cyclic esters (lactones) is 1. The summed E-state index contributed by atoms with van der Waals surface area (Å²) in [6.45, 7) is 4.11. The molecule has 2 heterocycles. The van der Waals surface area contributed by atoms with E-state index in [9.17, 15) is 9.00 Å². The van der Waals surface area contributed by atoms with Crippen LogP contribution in [0, 0.1) is 11.8 Å². The minimum Gasteiger partial charge on any atom is -0.465 e. The molecule has 6 nitrogen and oxygen atoms in total. The van der Waals surface area contributed by atoms with Gasteiger partial charge in [-0.25, -0.2) is 13.4 Å². The van der Waals surface area contributed by atoms with Crippen molar-refractivity contribution in [1.29, 1.82) is 0 Å². The zero-order valence-electron chi connectivity index (χ0n) is 15.1. The molecular formula is C19H24N2O4S. The molecule has 1 aliphatic rings. The van der Waals surface area contributed by atoms with Crippen LogP contribution < -0.4 is 5.32 Å². The summed E-state index contributed by atoms with van der Waals surface area (Å²) in [5.74, 6) is 0.906. The number of alkyl carbamates (subject to hydrolysis) is 1. The van der Waals surface area contributed by atoms with Crippen LogP contribution in [-0.4, -0.2) is 29.1 Å². The summed E-state index contributed by atoms with van der Waals surface area (Å²) >= 11 is 0. The first kappa shape index (κ1) is 18.5. The fraction of sp³-hybridized carbons (Fsp3) is 0.421. The smallest absolute Gasteiger partial charge is 0.408 e. The molecule has 1 unspecified atom stereocenters. The third kappa shape index (κ3) is 3.62. The molecule has 3 rings (SSSR count). The Labute approximate surface area is 154 Å². The minimum absolute atomic E-state index is 0.0925. The van der Waals surface area contributed by atoms with Crippen molar-refractivity contribution in [3.63, 3.8) is 0 Å². The van der Waals surface area contributed by atoms with E-state index < -0.39 is 21.9 Å². The molecule has 1 aromatic heterocycles. The van der Waals surface area contributed by atoms with Gasteiger partial charge in [0.1, 0.15) is 5.76 Å². The summed E-state index contributed by atoms with van der Waals surface area (Å²) in [7, 11) is -1.10. The second-order valence-electron chi connectivity index (χ2n) is 6.72. The molecule has 0 radical (unpaired) electrons. The van der Waals surface area contributed by atoms with E-state index in [2.05, 4.69) is 23.5 Å². The van der Waals surface area contributed by atoms with Crippen LogP contribution >= 0.6 is 0 Å². The van der Waals surface area contributed by atoms with Gasteiger partial charge in [0.25, 0.3) is 0 Å². The van der Waals surface area contributed by atoms with Crippen LogP contribution in [0.2, 0.25) is 0 Å². The zero-order valence-corrected chi connectivity index (χ0v) is 15.9. The number of rotatable bonds is 5. The number of amides is 1. The zero-order chi connectivity index (χ0) is 18.7. The van der Waals surface area contributed by atoms with Crippen LogP contribution in [0.25, 0.3) is 0 Å². The highest BCUT2D eigenvalue weighted by atomic mass is 32.2. The van der Waals surface area contributed by atoms with Gasteiger partial charge in [-0.2, -0.15) is 0 Å². The Balaban J connectivity index is 1.96. The SMILES string of the molecule is CN=S(=O)(C[C@H]1NC(=O)O[C@@H](c2ccco2)[C@@H]1C(C)C)c1ccccc1. The molecule has 1 saturated heterocycles. The predicted molar refractivity (Wildman–Crippen MR) is 99.3 cm³/mol. The molecule has 2 aromatic rings. The Kier molecular flexibility index (Phi) is 5.36. The number of benzene rings is 1. The van der Waals surface area contributed by atoms with E-state index in [0.29, 0.717) is 10.7 Å². The van der Waals surface area contributed by atoms with Gasteiger partial charge >= 0.3 is 6.09 Å². The average Bonchev–Trinajstić information content (AvgIpc) is 3.16. The van der Waals surface area contributed by atoms with Crippen LogP contribution in [-0.2, 0) is 14.5 Å². The molecule has 1 aliphatic heterocycles. The monoisotopic (exact) mass is 376 g/mol. The molecule has 1 aromatic carbocycles. The van der Waals surface area contributed by atoms with Gasteiger partial charge in [-0.15, -0.1) is 0 Å². The number of nitrogens with zero attached hydrogens (tertiary/aromatic N) is 1. The van der Waals surface area contributed by atoms with Gasteiger partial charge < -0.3 is 14.5 Å². The highest BCUT2D eigenvalue weighted by molar-refractivity contribution is 7.93. The summed E-state index contributed by atoms with van der Waals surface area (Å²) in [6, 6.07) is 12.4. The number of nitrogens with one attached hydrogen (secondary N) is 1. The van der Waals surface area contributed by atoms with Crippen LogP contribution in [0.3, 0.4) is 0 Å². The molecule has 1 fully saturated rings. The summed E-state index contributed by atoms with van der Waals surface area (Å²) in [5, 5.41) is 2.86. The van der Waals surface area contributed by atoms with Gasteiger partial charge in [-0.05, 0) is 30.2 Å². The van der Waals surface area contributed by atoms with E-state index >= 15 is 0 Å². The summed E-state index contributed by atoms with van der Waals surface area (Å²) in [4.78, 5) is 12.8. The van der Waals surface area contributed by atoms with Crippen molar-refractivity contribution in [1.82, 2.24) is 5.32 Å². The van der Waals surface area contributed by atoms with Crippen LogP contribution in [0.4, 0.5) is 4.79 Å². The maximum Gasteiger partial charge on any atom is 0.408 e. The normalized spacial score (nSPS) is 25.2. The molecule has 26 heavy (non-hydrogen) atoms. The maximum absolute atomic E-state index is 13.5. The molecule has 0 bridgehead atoms. The maximum atomic E-state index is 13.5. The number of hydrogen-bond acceptors (Lipinski definition) is 5. The molecule has 1 N–H and O–H groups in total. The second-order valence-corrected chi connectivity index (χ2v) is 9.17. The molecule has 0 aliphatic carbocycles. The summed E-state index contributed by atoms with van der Waals surface area (Å²) in [6.07, 6.45) is 0.519. The van der Waals surface area contributed by atoms with Gasteiger partial charge in [-0.1, -0.05) is 32.0 Å². The van der Waals surface area contributed by atoms with Crippen molar-refractivity contribution in [3.8, 4) is 0 Å². The first-order valence-corrected chi connectivity index (χ1v) is 10.3. The van der Waals surface area contributed by atoms with Crippen molar-refractivity contribution in [2.24, 2.45) is 16.2 Å². The van der Waals surface area contributed by atoms with Crippen molar-refractivity contribution in [2.75, 3.05) is 12.8 Å². The van der Waals surface area contributed by atoms with E-state index in [1.807, 2.05) is 30.3 Å². The van der Waals surface area contributed by atoms with Crippen molar-refractivity contribution in [2.45, 2.75) is 30.9 Å². The van der Waals surface area contributed by atoms with Crippen LogP contribution in [0.1, 0.15) is 25.7 Å². The first-order chi connectivity index (χ1) is 12.4. The fourth-order valence-electron chi connectivity index (χ4n) is 3.51. The number of hydrogen-bond donors (Lipinski definition) is 1. The quantitative estimate of drug-likeness (QED) is 0.859. The van der Waals surface area contributed by atoms with Crippen molar-refractivity contribution in [3.05, 3.63) is 54.5 Å². The van der Waals surface area contributed by atoms with Gasteiger partial charge in [0, 0.05) is 17.9 Å². The lowest BCUT2D eigenvalue weighted by atomic mass is 9.82. The third-order valence-corrected chi connectivity index (χ3v) is 7.17. The van der Waals surface area contributed by atoms with E-state index in [-0.39, 0.29) is 23.6 Å². The summed E-state index contributed by atoms with van der Waals surface area (Å²) < 4.78 is 28.7. The summed E-state index contributed by atoms with van der Waals surface area (Å²) in [5.41, 5.74) is 0. The third-order valence-electron chi connectivity index (χ3n) is 4.76. The average molecular weight is 376 g/mol. The molecule has 0 spiro atoms. The molecule has 0 saturated carbocycles. The Morgan fingerprint density at radius 2 is 1.92 bits per heavy atom. The Morgan fingerprint density at radius 3 is 2.50 bits per heavy atom. The predicted octanol–water partition coefficient (Wildman–Crippen LogP) is 3.86. The number of carbonyl (C=O) groups is 1. The molecule has 7 heteroatoms. The first-order valence-electron chi connectivity index (χ1n) is 8.63. The van der Waals surface area contributed by atoms with Gasteiger partial charge in [0.05, 0.1) is 27.8 Å². The highest BCUT2D eigenvalue weighted by Crippen LogP contribution is 2.38. The second kappa shape index (κ2) is 7.53. The topological polar surface area (TPSA) is 80.9 Å². The van der Waals surface area contributed by atoms with E-state index in [1.54, 1.807) is 25.4 Å². The lowest BCUT2D eigenvalue weighted by molar-refractivity contribution is -0.0107. The Bertz CT molecular complexity index is 855. The van der Waals surface area contributed by atoms with Crippen molar-refractivity contribution >= 4 is 15.8 Å². The Morgan fingerprint density at radius 1 is 1.19 bits per heavy atom. The van der Waals surface area contributed by atoms with E-state index in [1.165, 1.54) is 0 Å². The fourth-order valence-corrected chi connectivity index (χ4v) is 5.43. The number of ether oxygens (including phenoxy) is 1. The lowest BCUT2D eigenvalue weighted by Crippen LogP contribution is -2.53. The van der Waals surface area contributed by atoms with Gasteiger partial charge in [-0.3, -0.25) is 0 Å². The molecule has 4 atom stereocenters. The van der Waals surface area contributed by atoms with E-state index in [0.717, 1.165) is 0 Å². The van der Waals surface area contributed by atoms with Crippen LogP contribution in [0.5, 0.6) is 0 Å². The van der Waals surface area contributed by atoms with Gasteiger partial charge in [0.2, 0.25) is 0 Å². The molecular weight excluding hydrogens is 352 g/mol. The molecule has 1 amide bonds. The van der Waals surface area contributed by atoms with Crippen molar-refractivity contribution < 1.29 is 18.2 Å².